The first-order valence-electron chi connectivity index (χ1n) is 6.69. The molecule has 5 nitrogen and oxygen atoms in total. The summed E-state index contributed by atoms with van der Waals surface area (Å²) in [7, 11) is 0. The number of hydrogen-bond donors (Lipinski definition) is 2. The van der Waals surface area contributed by atoms with Crippen molar-refractivity contribution >= 4 is 5.91 Å². The maximum atomic E-state index is 11.4. The van der Waals surface area contributed by atoms with Gasteiger partial charge in [0.1, 0.15) is 12.4 Å². The Morgan fingerprint density at radius 2 is 2.32 bits per heavy atom. The van der Waals surface area contributed by atoms with Gasteiger partial charge in [0.05, 0.1) is 6.54 Å². The molecular formula is C14H21N3O2. The quantitative estimate of drug-likeness (QED) is 0.804. The molecule has 1 aromatic rings. The van der Waals surface area contributed by atoms with E-state index < -0.39 is 0 Å². The van der Waals surface area contributed by atoms with Crippen LogP contribution in [0.4, 0.5) is 0 Å². The molecule has 1 fully saturated rings. The monoisotopic (exact) mass is 263 g/mol. The minimum absolute atomic E-state index is 0.0997. The van der Waals surface area contributed by atoms with E-state index in [2.05, 4.69) is 10.2 Å². The van der Waals surface area contributed by atoms with Gasteiger partial charge in [-0.3, -0.25) is 9.69 Å². The number of nitrogens with one attached hydrogen (secondary N) is 1. The van der Waals surface area contributed by atoms with E-state index in [4.69, 9.17) is 10.5 Å². The van der Waals surface area contributed by atoms with Gasteiger partial charge in [0, 0.05) is 26.2 Å². The minimum atomic E-state index is 0.0997. The van der Waals surface area contributed by atoms with Crippen LogP contribution in [0, 0.1) is 0 Å². The van der Waals surface area contributed by atoms with Crippen LogP contribution in [0.25, 0.3) is 0 Å². The zero-order valence-corrected chi connectivity index (χ0v) is 11.1. The van der Waals surface area contributed by atoms with E-state index in [9.17, 15) is 4.79 Å². The van der Waals surface area contributed by atoms with Crippen molar-refractivity contribution in [1.82, 2.24) is 10.2 Å². The average Bonchev–Trinajstić information content (AvgIpc) is 2.63. The molecule has 1 saturated heterocycles. The van der Waals surface area contributed by atoms with Gasteiger partial charge in [0.15, 0.2) is 0 Å². The van der Waals surface area contributed by atoms with Crippen molar-refractivity contribution in [1.29, 1.82) is 0 Å². The molecule has 0 bridgehead atoms. The second-order valence-corrected chi connectivity index (χ2v) is 4.68. The Bertz CT molecular complexity index is 423. The van der Waals surface area contributed by atoms with Crippen LogP contribution in [0.1, 0.15) is 12.0 Å². The van der Waals surface area contributed by atoms with Crippen LogP contribution >= 0.6 is 0 Å². The maximum Gasteiger partial charge on any atom is 0.234 e. The molecule has 0 spiro atoms. The van der Waals surface area contributed by atoms with Crippen LogP contribution in [0.15, 0.2) is 24.3 Å². The molecule has 5 heteroatoms. The van der Waals surface area contributed by atoms with Gasteiger partial charge in [-0.2, -0.15) is 0 Å². The molecule has 1 aliphatic heterocycles. The Hall–Kier alpha value is -1.59. The molecule has 1 amide bonds. The minimum Gasteiger partial charge on any atom is -0.492 e. The predicted molar refractivity (Wildman–Crippen MR) is 73.9 cm³/mol. The third kappa shape index (κ3) is 4.54. The normalized spacial score (nSPS) is 16.8. The van der Waals surface area contributed by atoms with Crippen molar-refractivity contribution < 1.29 is 9.53 Å². The number of benzene rings is 1. The molecule has 1 aromatic carbocycles. The summed E-state index contributed by atoms with van der Waals surface area (Å²) in [5.41, 5.74) is 6.65. The van der Waals surface area contributed by atoms with Gasteiger partial charge >= 0.3 is 0 Å². The number of nitrogens with zero attached hydrogens (tertiary/aromatic N) is 1. The highest BCUT2D eigenvalue weighted by atomic mass is 16.5. The molecule has 0 aliphatic carbocycles. The van der Waals surface area contributed by atoms with Gasteiger partial charge < -0.3 is 15.8 Å². The van der Waals surface area contributed by atoms with E-state index in [-0.39, 0.29) is 5.91 Å². The summed E-state index contributed by atoms with van der Waals surface area (Å²) in [6, 6.07) is 7.80. The lowest BCUT2D eigenvalue weighted by Crippen LogP contribution is -2.35. The summed E-state index contributed by atoms with van der Waals surface area (Å²) >= 11 is 0. The van der Waals surface area contributed by atoms with E-state index in [0.717, 1.165) is 37.4 Å². The molecule has 1 aliphatic rings. The number of hydrogen-bond acceptors (Lipinski definition) is 4. The van der Waals surface area contributed by atoms with Gasteiger partial charge in [0.2, 0.25) is 5.91 Å². The fourth-order valence-corrected chi connectivity index (χ4v) is 2.11. The Morgan fingerprint density at radius 3 is 3.16 bits per heavy atom. The van der Waals surface area contributed by atoms with Crippen molar-refractivity contribution in [2.75, 3.05) is 32.8 Å². The van der Waals surface area contributed by atoms with Crippen molar-refractivity contribution in [2.45, 2.75) is 13.0 Å². The number of rotatable bonds is 5. The summed E-state index contributed by atoms with van der Waals surface area (Å²) in [5, 5.41) is 2.86. The Morgan fingerprint density at radius 1 is 1.42 bits per heavy atom. The van der Waals surface area contributed by atoms with Crippen molar-refractivity contribution in [3.8, 4) is 5.75 Å². The SMILES string of the molecule is NCc1cccc(OCCN2CCCNC(=O)C2)c1. The standard InChI is InChI=1S/C14H21N3O2/c15-10-12-3-1-4-13(9-12)19-8-7-17-6-2-5-16-14(18)11-17/h1,3-4,9H,2,5-8,10-11,15H2,(H,16,18). The first kappa shape index (κ1) is 13.8. The largest absolute Gasteiger partial charge is 0.492 e. The van der Waals surface area contributed by atoms with Crippen LogP contribution in [0.5, 0.6) is 5.75 Å². The van der Waals surface area contributed by atoms with Gasteiger partial charge in [-0.1, -0.05) is 12.1 Å². The average molecular weight is 263 g/mol. The molecule has 3 N–H and O–H groups in total. The fraction of sp³-hybridized carbons (Fsp3) is 0.500. The lowest BCUT2D eigenvalue weighted by Gasteiger charge is -2.18. The van der Waals surface area contributed by atoms with E-state index >= 15 is 0 Å². The number of amides is 1. The van der Waals surface area contributed by atoms with Crippen molar-refractivity contribution in [3.05, 3.63) is 29.8 Å². The summed E-state index contributed by atoms with van der Waals surface area (Å²) in [4.78, 5) is 13.5. The van der Waals surface area contributed by atoms with Crippen LogP contribution in [0.2, 0.25) is 0 Å². The predicted octanol–water partition coefficient (Wildman–Crippen LogP) is 0.346. The lowest BCUT2D eigenvalue weighted by atomic mass is 10.2. The van der Waals surface area contributed by atoms with Crippen molar-refractivity contribution in [3.63, 3.8) is 0 Å². The first-order valence-corrected chi connectivity index (χ1v) is 6.69. The molecule has 0 atom stereocenters. The van der Waals surface area contributed by atoms with E-state index in [1.807, 2.05) is 24.3 Å². The second kappa shape index (κ2) is 7.11. The highest BCUT2D eigenvalue weighted by molar-refractivity contribution is 5.78. The zero-order valence-electron chi connectivity index (χ0n) is 11.1. The topological polar surface area (TPSA) is 67.6 Å². The van der Waals surface area contributed by atoms with Gasteiger partial charge in [-0.05, 0) is 24.1 Å². The highest BCUT2D eigenvalue weighted by Gasteiger charge is 2.13. The lowest BCUT2D eigenvalue weighted by molar-refractivity contribution is -0.121. The van der Waals surface area contributed by atoms with E-state index in [0.29, 0.717) is 19.7 Å². The summed E-state index contributed by atoms with van der Waals surface area (Å²) in [6.07, 6.45) is 0.994. The number of ether oxygens (including phenoxy) is 1. The number of carbonyl (C=O) groups excluding carboxylic acids is 1. The van der Waals surface area contributed by atoms with Crippen LogP contribution in [-0.4, -0.2) is 43.6 Å². The highest BCUT2D eigenvalue weighted by Crippen LogP contribution is 2.12. The third-order valence-electron chi connectivity index (χ3n) is 3.15. The molecule has 104 valence electrons. The van der Waals surface area contributed by atoms with Crippen LogP contribution in [0.3, 0.4) is 0 Å². The molecule has 19 heavy (non-hydrogen) atoms. The summed E-state index contributed by atoms with van der Waals surface area (Å²) in [6.45, 7) is 4.04. The molecule has 1 heterocycles. The van der Waals surface area contributed by atoms with E-state index in [1.54, 1.807) is 0 Å². The van der Waals surface area contributed by atoms with Gasteiger partial charge in [-0.15, -0.1) is 0 Å². The third-order valence-corrected chi connectivity index (χ3v) is 3.15. The smallest absolute Gasteiger partial charge is 0.234 e. The molecule has 2 rings (SSSR count). The van der Waals surface area contributed by atoms with Gasteiger partial charge in [0.25, 0.3) is 0 Å². The Balaban J connectivity index is 1.77. The molecule has 0 unspecified atom stereocenters. The molecule has 0 aromatic heterocycles. The fourth-order valence-electron chi connectivity index (χ4n) is 2.11. The maximum absolute atomic E-state index is 11.4. The summed E-state index contributed by atoms with van der Waals surface area (Å²) < 4.78 is 5.70. The van der Waals surface area contributed by atoms with Crippen molar-refractivity contribution in [2.24, 2.45) is 5.73 Å². The van der Waals surface area contributed by atoms with Crippen LogP contribution in [-0.2, 0) is 11.3 Å². The zero-order chi connectivity index (χ0) is 13.5. The number of nitrogens with two attached hydrogens (primary N) is 1. The number of carbonyl (C=O) groups is 1. The molecule has 0 saturated carbocycles. The summed E-state index contributed by atoms with van der Waals surface area (Å²) in [5.74, 6) is 0.935. The first-order chi connectivity index (χ1) is 9.28. The Kier molecular flexibility index (Phi) is 5.18. The van der Waals surface area contributed by atoms with E-state index in [1.165, 1.54) is 0 Å². The van der Waals surface area contributed by atoms with Gasteiger partial charge in [-0.25, -0.2) is 0 Å². The second-order valence-electron chi connectivity index (χ2n) is 4.68. The molecular weight excluding hydrogens is 242 g/mol. The molecule has 0 radical (unpaired) electrons. The van der Waals surface area contributed by atoms with Crippen LogP contribution < -0.4 is 15.8 Å². The Labute approximate surface area is 113 Å².